The molecule has 96 valence electrons. The number of nitriles is 1. The number of carbonyl (C=O) groups excluding carboxylic acids is 1. The third kappa shape index (κ3) is 3.35. The number of amides is 1. The van der Waals surface area contributed by atoms with Crippen LogP contribution in [-0.2, 0) is 11.2 Å². The van der Waals surface area contributed by atoms with Crippen molar-refractivity contribution in [3.8, 4) is 6.07 Å². The molecule has 1 unspecified atom stereocenters. The highest BCUT2D eigenvalue weighted by molar-refractivity contribution is 5.78. The third-order valence-corrected chi connectivity index (χ3v) is 2.57. The van der Waals surface area contributed by atoms with Gasteiger partial charge in [0.1, 0.15) is 0 Å². The monoisotopic (exact) mass is 256 g/mol. The second-order valence-electron chi connectivity index (χ2n) is 4.04. The highest BCUT2D eigenvalue weighted by Gasteiger charge is 2.13. The number of hydrogen-bond acceptors (Lipinski definition) is 5. The number of nitrogens with zero attached hydrogens (tertiary/aromatic N) is 4. The van der Waals surface area contributed by atoms with Gasteiger partial charge < -0.3 is 5.32 Å². The zero-order valence-electron chi connectivity index (χ0n) is 10.3. The van der Waals surface area contributed by atoms with E-state index in [1.807, 2.05) is 6.07 Å². The molecule has 0 saturated heterocycles. The van der Waals surface area contributed by atoms with Crippen molar-refractivity contribution in [1.82, 2.24) is 25.9 Å². The molecule has 0 saturated carbocycles. The molecule has 2 aromatic rings. The lowest BCUT2D eigenvalue weighted by Crippen LogP contribution is -2.28. The molecule has 7 nitrogen and oxygen atoms in total. The van der Waals surface area contributed by atoms with E-state index in [4.69, 9.17) is 5.26 Å². The molecule has 0 aliphatic carbocycles. The zero-order chi connectivity index (χ0) is 13.7. The van der Waals surface area contributed by atoms with Crippen LogP contribution in [0.2, 0.25) is 0 Å². The SMILES string of the molecule is CC(NC(=O)Cc1ccc(C#N)cc1)c1nn[nH]n1. The molecule has 0 spiro atoms. The van der Waals surface area contributed by atoms with Gasteiger partial charge in [0.25, 0.3) is 0 Å². The van der Waals surface area contributed by atoms with Gasteiger partial charge in [-0.3, -0.25) is 4.79 Å². The van der Waals surface area contributed by atoms with Crippen molar-refractivity contribution >= 4 is 5.91 Å². The summed E-state index contributed by atoms with van der Waals surface area (Å²) in [7, 11) is 0. The van der Waals surface area contributed by atoms with Crippen LogP contribution in [0.3, 0.4) is 0 Å². The molecule has 7 heteroatoms. The first kappa shape index (κ1) is 12.7. The number of H-pyrrole nitrogens is 1. The van der Waals surface area contributed by atoms with Crippen molar-refractivity contribution in [1.29, 1.82) is 5.26 Å². The standard InChI is InChI=1S/C12H12N6O/c1-8(12-15-17-18-16-12)14-11(19)6-9-2-4-10(7-13)5-3-9/h2-5,8H,6H2,1H3,(H,14,19)(H,15,16,17,18). The van der Waals surface area contributed by atoms with Crippen LogP contribution in [0, 0.1) is 11.3 Å². The fourth-order valence-electron chi connectivity index (χ4n) is 1.59. The minimum absolute atomic E-state index is 0.137. The average Bonchev–Trinajstić information content (AvgIpc) is 2.93. The van der Waals surface area contributed by atoms with Crippen molar-refractivity contribution in [2.75, 3.05) is 0 Å². The molecule has 1 aromatic heterocycles. The van der Waals surface area contributed by atoms with Crippen LogP contribution in [-0.4, -0.2) is 26.5 Å². The predicted molar refractivity (Wildman–Crippen MR) is 65.6 cm³/mol. The molecular weight excluding hydrogens is 244 g/mol. The van der Waals surface area contributed by atoms with Crippen molar-refractivity contribution in [2.24, 2.45) is 0 Å². The Balaban J connectivity index is 1.92. The van der Waals surface area contributed by atoms with Crippen LogP contribution < -0.4 is 5.32 Å². The van der Waals surface area contributed by atoms with Gasteiger partial charge in [-0.15, -0.1) is 10.2 Å². The van der Waals surface area contributed by atoms with Gasteiger partial charge in [-0.2, -0.15) is 10.5 Å². The van der Waals surface area contributed by atoms with E-state index in [1.165, 1.54) is 0 Å². The van der Waals surface area contributed by atoms with E-state index in [9.17, 15) is 4.79 Å². The molecule has 0 fully saturated rings. The summed E-state index contributed by atoms with van der Waals surface area (Å²) in [4.78, 5) is 11.8. The maximum absolute atomic E-state index is 11.8. The lowest BCUT2D eigenvalue weighted by molar-refractivity contribution is -0.121. The molecule has 1 amide bonds. The maximum Gasteiger partial charge on any atom is 0.225 e. The molecule has 2 N–H and O–H groups in total. The highest BCUT2D eigenvalue weighted by Crippen LogP contribution is 2.07. The highest BCUT2D eigenvalue weighted by atomic mass is 16.1. The van der Waals surface area contributed by atoms with Gasteiger partial charge in [-0.1, -0.05) is 17.3 Å². The zero-order valence-corrected chi connectivity index (χ0v) is 10.3. The number of carbonyl (C=O) groups is 1. The van der Waals surface area contributed by atoms with E-state index >= 15 is 0 Å². The van der Waals surface area contributed by atoms with Crippen molar-refractivity contribution in [3.63, 3.8) is 0 Å². The predicted octanol–water partition coefficient (Wildman–Crippen LogP) is 0.491. The van der Waals surface area contributed by atoms with Crippen LogP contribution in [0.15, 0.2) is 24.3 Å². The Kier molecular flexibility index (Phi) is 3.83. The number of aromatic amines is 1. The number of benzene rings is 1. The van der Waals surface area contributed by atoms with Crippen LogP contribution in [0.25, 0.3) is 0 Å². The van der Waals surface area contributed by atoms with E-state index < -0.39 is 0 Å². The van der Waals surface area contributed by atoms with Crippen LogP contribution in [0.4, 0.5) is 0 Å². The van der Waals surface area contributed by atoms with Crippen LogP contribution in [0.5, 0.6) is 0 Å². The summed E-state index contributed by atoms with van der Waals surface area (Å²) in [5, 5.41) is 24.8. The summed E-state index contributed by atoms with van der Waals surface area (Å²) in [5.41, 5.74) is 1.42. The molecule has 19 heavy (non-hydrogen) atoms. The summed E-state index contributed by atoms with van der Waals surface area (Å²) in [6, 6.07) is 8.62. The largest absolute Gasteiger partial charge is 0.346 e. The third-order valence-electron chi connectivity index (χ3n) is 2.57. The molecule has 1 atom stereocenters. The number of tetrazole rings is 1. The molecular formula is C12H12N6O. The number of aromatic nitrogens is 4. The number of nitrogens with one attached hydrogen (secondary N) is 2. The molecule has 1 aromatic carbocycles. The van der Waals surface area contributed by atoms with Crippen LogP contribution in [0.1, 0.15) is 29.9 Å². The lowest BCUT2D eigenvalue weighted by Gasteiger charge is -2.09. The van der Waals surface area contributed by atoms with Gasteiger partial charge in [-0.25, -0.2) is 0 Å². The molecule has 0 aliphatic heterocycles. The minimum Gasteiger partial charge on any atom is -0.346 e. The van der Waals surface area contributed by atoms with Crippen molar-refractivity contribution in [3.05, 3.63) is 41.2 Å². The fourth-order valence-corrected chi connectivity index (χ4v) is 1.59. The van der Waals surface area contributed by atoms with E-state index in [0.29, 0.717) is 11.4 Å². The summed E-state index contributed by atoms with van der Waals surface area (Å²) >= 11 is 0. The molecule has 2 rings (SSSR count). The molecule has 0 bridgehead atoms. The number of hydrogen-bond donors (Lipinski definition) is 2. The Bertz CT molecular complexity index is 584. The van der Waals surface area contributed by atoms with Gasteiger partial charge in [-0.05, 0) is 24.6 Å². The smallest absolute Gasteiger partial charge is 0.225 e. The van der Waals surface area contributed by atoms with Crippen molar-refractivity contribution < 1.29 is 4.79 Å². The average molecular weight is 256 g/mol. The van der Waals surface area contributed by atoms with Gasteiger partial charge in [0.2, 0.25) is 5.91 Å². The Labute approximate surface area is 109 Å². The van der Waals surface area contributed by atoms with Crippen molar-refractivity contribution in [2.45, 2.75) is 19.4 Å². The first-order valence-corrected chi connectivity index (χ1v) is 5.71. The van der Waals surface area contributed by atoms with Gasteiger partial charge >= 0.3 is 0 Å². The van der Waals surface area contributed by atoms with Gasteiger partial charge in [0.15, 0.2) is 5.82 Å². The normalized spacial score (nSPS) is 11.6. The summed E-state index contributed by atoms with van der Waals surface area (Å²) in [6.45, 7) is 1.78. The van der Waals surface area contributed by atoms with E-state index in [-0.39, 0.29) is 18.4 Å². The fraction of sp³-hybridized carbons (Fsp3) is 0.250. The van der Waals surface area contributed by atoms with E-state index in [0.717, 1.165) is 5.56 Å². The molecule has 0 radical (unpaired) electrons. The first-order valence-electron chi connectivity index (χ1n) is 5.71. The Morgan fingerprint density at radius 3 is 2.79 bits per heavy atom. The van der Waals surface area contributed by atoms with E-state index in [1.54, 1.807) is 31.2 Å². The Morgan fingerprint density at radius 1 is 1.47 bits per heavy atom. The Hall–Kier alpha value is -2.75. The minimum atomic E-state index is -0.301. The number of rotatable bonds is 4. The summed E-state index contributed by atoms with van der Waals surface area (Å²) in [6.07, 6.45) is 0.244. The molecule has 0 aliphatic rings. The molecule has 1 heterocycles. The second kappa shape index (κ2) is 5.73. The Morgan fingerprint density at radius 2 is 2.21 bits per heavy atom. The second-order valence-corrected chi connectivity index (χ2v) is 4.04. The van der Waals surface area contributed by atoms with E-state index in [2.05, 4.69) is 25.9 Å². The first-order chi connectivity index (χ1) is 9.19. The van der Waals surface area contributed by atoms with Gasteiger partial charge in [0.05, 0.1) is 24.1 Å². The van der Waals surface area contributed by atoms with Crippen LogP contribution >= 0.6 is 0 Å². The maximum atomic E-state index is 11.8. The lowest BCUT2D eigenvalue weighted by atomic mass is 10.1. The summed E-state index contributed by atoms with van der Waals surface area (Å²) < 4.78 is 0. The van der Waals surface area contributed by atoms with Gasteiger partial charge in [0, 0.05) is 0 Å². The summed E-state index contributed by atoms with van der Waals surface area (Å²) in [5.74, 6) is 0.301. The quantitative estimate of drug-likeness (QED) is 0.827. The topological polar surface area (TPSA) is 107 Å².